The van der Waals surface area contributed by atoms with Crippen LogP contribution in [0.25, 0.3) is 22.0 Å². The Morgan fingerprint density at radius 1 is 1.12 bits per heavy atom. The van der Waals surface area contributed by atoms with Crippen LogP contribution in [0.15, 0.2) is 47.3 Å². The number of fused-ring (bicyclic) bond motifs is 1. The number of nitrogens with zero attached hydrogens (tertiary/aromatic N) is 2. The summed E-state index contributed by atoms with van der Waals surface area (Å²) in [4.78, 5) is 12.2. The van der Waals surface area contributed by atoms with Crippen molar-refractivity contribution in [2.45, 2.75) is 0 Å². The van der Waals surface area contributed by atoms with Crippen molar-refractivity contribution in [1.82, 2.24) is 9.78 Å². The third-order valence-corrected chi connectivity index (χ3v) is 4.41. The van der Waals surface area contributed by atoms with Gasteiger partial charge in [0.25, 0.3) is 5.56 Å². The third kappa shape index (κ3) is 3.13. The molecular formula is C16H14ClN3O3S. The SMILES string of the molecule is Cn1nc(-c2ccc(Cl)c(NS(C)(=O)=O)c2)c2ccccc2c1=O. The van der Waals surface area contributed by atoms with Gasteiger partial charge in [0.1, 0.15) is 0 Å². The van der Waals surface area contributed by atoms with Gasteiger partial charge in [-0.2, -0.15) is 5.10 Å². The molecule has 0 radical (unpaired) electrons. The van der Waals surface area contributed by atoms with Gasteiger partial charge in [-0.25, -0.2) is 13.1 Å². The molecule has 2 aromatic carbocycles. The van der Waals surface area contributed by atoms with Crippen molar-refractivity contribution < 1.29 is 8.42 Å². The smallest absolute Gasteiger partial charge is 0.274 e. The Balaban J connectivity index is 2.27. The number of halogens is 1. The predicted octanol–water partition coefficient (Wildman–Crippen LogP) is 2.63. The fourth-order valence-corrected chi connectivity index (χ4v) is 3.25. The summed E-state index contributed by atoms with van der Waals surface area (Å²) in [7, 11) is -1.89. The van der Waals surface area contributed by atoms with Gasteiger partial charge in [0.15, 0.2) is 0 Å². The summed E-state index contributed by atoms with van der Waals surface area (Å²) in [6.45, 7) is 0. The van der Waals surface area contributed by atoms with Gasteiger partial charge in [0.2, 0.25) is 10.0 Å². The Kier molecular flexibility index (Phi) is 4.06. The summed E-state index contributed by atoms with van der Waals surface area (Å²) >= 11 is 6.06. The molecule has 124 valence electrons. The number of aryl methyl sites for hydroxylation is 1. The molecule has 0 spiro atoms. The molecule has 3 aromatic rings. The Morgan fingerprint density at radius 3 is 2.46 bits per heavy atom. The molecule has 0 atom stereocenters. The molecule has 8 heteroatoms. The lowest BCUT2D eigenvalue weighted by Gasteiger charge is -2.11. The minimum atomic E-state index is -3.47. The number of hydrogen-bond acceptors (Lipinski definition) is 4. The molecule has 1 N–H and O–H groups in total. The van der Waals surface area contributed by atoms with E-state index >= 15 is 0 Å². The lowest BCUT2D eigenvalue weighted by molar-refractivity contribution is 0.607. The fraction of sp³-hybridized carbons (Fsp3) is 0.125. The molecule has 0 aliphatic carbocycles. The average molecular weight is 364 g/mol. The highest BCUT2D eigenvalue weighted by Gasteiger charge is 2.13. The minimum absolute atomic E-state index is 0.196. The van der Waals surface area contributed by atoms with Gasteiger partial charge in [-0.3, -0.25) is 9.52 Å². The summed E-state index contributed by atoms with van der Waals surface area (Å²) in [5.74, 6) is 0. The first-order chi connectivity index (χ1) is 11.3. The molecule has 0 fully saturated rings. The van der Waals surface area contributed by atoms with E-state index in [0.717, 1.165) is 6.26 Å². The third-order valence-electron chi connectivity index (χ3n) is 3.49. The van der Waals surface area contributed by atoms with E-state index in [1.807, 2.05) is 6.07 Å². The van der Waals surface area contributed by atoms with Crippen molar-refractivity contribution in [3.8, 4) is 11.3 Å². The van der Waals surface area contributed by atoms with E-state index in [0.29, 0.717) is 22.0 Å². The molecule has 0 aliphatic rings. The van der Waals surface area contributed by atoms with Crippen LogP contribution in [0, 0.1) is 0 Å². The fourth-order valence-electron chi connectivity index (χ4n) is 2.46. The summed E-state index contributed by atoms with van der Waals surface area (Å²) in [5.41, 5.74) is 1.28. The molecular weight excluding hydrogens is 350 g/mol. The van der Waals surface area contributed by atoms with Crippen molar-refractivity contribution in [2.75, 3.05) is 11.0 Å². The van der Waals surface area contributed by atoms with Gasteiger partial charge >= 0.3 is 0 Å². The second-order valence-corrected chi connectivity index (χ2v) is 7.55. The van der Waals surface area contributed by atoms with E-state index in [4.69, 9.17) is 11.6 Å². The molecule has 3 rings (SSSR count). The van der Waals surface area contributed by atoms with E-state index in [1.54, 1.807) is 43.4 Å². The van der Waals surface area contributed by atoms with Crippen LogP contribution >= 0.6 is 11.6 Å². The molecule has 0 unspecified atom stereocenters. The second-order valence-electron chi connectivity index (χ2n) is 5.39. The van der Waals surface area contributed by atoms with Crippen LogP contribution in [0.1, 0.15) is 0 Å². The van der Waals surface area contributed by atoms with E-state index in [-0.39, 0.29) is 16.3 Å². The highest BCUT2D eigenvalue weighted by atomic mass is 35.5. The van der Waals surface area contributed by atoms with Crippen LogP contribution in [0.3, 0.4) is 0 Å². The normalized spacial score (nSPS) is 11.6. The zero-order chi connectivity index (χ0) is 17.5. The number of nitrogens with one attached hydrogen (secondary N) is 1. The maximum atomic E-state index is 12.2. The number of hydrogen-bond donors (Lipinski definition) is 1. The molecule has 0 amide bonds. The largest absolute Gasteiger partial charge is 0.282 e. The Labute approximate surface area is 143 Å². The van der Waals surface area contributed by atoms with E-state index in [1.165, 1.54) is 4.68 Å². The quantitative estimate of drug-likeness (QED) is 0.775. The number of sulfonamides is 1. The van der Waals surface area contributed by atoms with Crippen molar-refractivity contribution in [3.63, 3.8) is 0 Å². The second kappa shape index (κ2) is 5.92. The van der Waals surface area contributed by atoms with Crippen LogP contribution in [-0.2, 0) is 17.1 Å². The van der Waals surface area contributed by atoms with Crippen molar-refractivity contribution >= 4 is 38.1 Å². The summed E-state index contributed by atoms with van der Waals surface area (Å²) in [5, 5.41) is 5.83. The van der Waals surface area contributed by atoms with Gasteiger partial charge in [-0.15, -0.1) is 0 Å². The van der Waals surface area contributed by atoms with Crippen LogP contribution in [0.4, 0.5) is 5.69 Å². The molecule has 0 bridgehead atoms. The molecule has 1 aromatic heterocycles. The molecule has 0 saturated carbocycles. The summed E-state index contributed by atoms with van der Waals surface area (Å²) < 4.78 is 26.6. The molecule has 1 heterocycles. The first kappa shape index (κ1) is 16.5. The highest BCUT2D eigenvalue weighted by Crippen LogP contribution is 2.31. The number of aromatic nitrogens is 2. The maximum Gasteiger partial charge on any atom is 0.274 e. The average Bonchev–Trinajstić information content (AvgIpc) is 2.52. The van der Waals surface area contributed by atoms with Crippen LogP contribution in [0.5, 0.6) is 0 Å². The van der Waals surface area contributed by atoms with Gasteiger partial charge in [0.05, 0.1) is 28.0 Å². The molecule has 24 heavy (non-hydrogen) atoms. The van der Waals surface area contributed by atoms with Crippen molar-refractivity contribution in [2.24, 2.45) is 7.05 Å². The van der Waals surface area contributed by atoms with E-state index in [9.17, 15) is 13.2 Å². The van der Waals surface area contributed by atoms with E-state index in [2.05, 4.69) is 9.82 Å². The standard InChI is InChI=1S/C16H14ClN3O3S/c1-20-16(21)12-6-4-3-5-11(12)15(18-20)10-7-8-13(17)14(9-10)19-24(2,22)23/h3-9,19H,1-2H3. The maximum absolute atomic E-state index is 12.2. The van der Waals surface area contributed by atoms with Crippen molar-refractivity contribution in [1.29, 1.82) is 0 Å². The van der Waals surface area contributed by atoms with Crippen LogP contribution < -0.4 is 10.3 Å². The Hall–Kier alpha value is -2.38. The van der Waals surface area contributed by atoms with Crippen molar-refractivity contribution in [3.05, 3.63) is 57.8 Å². The monoisotopic (exact) mass is 363 g/mol. The summed E-state index contributed by atoms with van der Waals surface area (Å²) in [6.07, 6.45) is 1.05. The lowest BCUT2D eigenvalue weighted by Crippen LogP contribution is -2.20. The molecule has 0 saturated heterocycles. The first-order valence-corrected chi connectivity index (χ1v) is 9.27. The first-order valence-electron chi connectivity index (χ1n) is 7.00. The topological polar surface area (TPSA) is 81.1 Å². The highest BCUT2D eigenvalue weighted by molar-refractivity contribution is 7.92. The molecule has 0 aliphatic heterocycles. The number of benzene rings is 2. The van der Waals surface area contributed by atoms with Gasteiger partial charge in [-0.05, 0) is 18.2 Å². The lowest BCUT2D eigenvalue weighted by atomic mass is 10.0. The van der Waals surface area contributed by atoms with E-state index < -0.39 is 10.0 Å². The summed E-state index contributed by atoms with van der Waals surface area (Å²) in [6, 6.07) is 12.1. The molecule has 6 nitrogen and oxygen atoms in total. The van der Waals surface area contributed by atoms with Gasteiger partial charge in [-0.1, -0.05) is 35.9 Å². The Bertz CT molecular complexity index is 1110. The minimum Gasteiger partial charge on any atom is -0.282 e. The number of anilines is 1. The zero-order valence-electron chi connectivity index (χ0n) is 12.9. The van der Waals surface area contributed by atoms with Crippen LogP contribution in [-0.4, -0.2) is 24.5 Å². The predicted molar refractivity (Wildman–Crippen MR) is 95.9 cm³/mol. The Morgan fingerprint density at radius 2 is 1.79 bits per heavy atom. The number of rotatable bonds is 3. The zero-order valence-corrected chi connectivity index (χ0v) is 14.5. The van der Waals surface area contributed by atoms with Gasteiger partial charge < -0.3 is 0 Å². The van der Waals surface area contributed by atoms with Gasteiger partial charge in [0, 0.05) is 18.0 Å². The van der Waals surface area contributed by atoms with Crippen LogP contribution in [0.2, 0.25) is 5.02 Å².